The van der Waals surface area contributed by atoms with Crippen molar-refractivity contribution in [2.75, 3.05) is 0 Å². The van der Waals surface area contributed by atoms with Gasteiger partial charge in [0.05, 0.1) is 11.2 Å². The van der Waals surface area contributed by atoms with Crippen molar-refractivity contribution in [3.05, 3.63) is 75.9 Å². The van der Waals surface area contributed by atoms with Crippen molar-refractivity contribution in [1.29, 1.82) is 0 Å². The third kappa shape index (κ3) is 4.58. The molecule has 9 heteroatoms. The minimum absolute atomic E-state index is 0.0299. The Labute approximate surface area is 167 Å². The van der Waals surface area contributed by atoms with Crippen LogP contribution in [-0.4, -0.2) is 14.8 Å². The van der Waals surface area contributed by atoms with Gasteiger partial charge in [-0.3, -0.25) is 9.55 Å². The monoisotopic (exact) mass is 473 g/mol. The number of hydrogen-bond donors (Lipinski definition) is 2. The number of rotatable bonds is 6. The van der Waals surface area contributed by atoms with Gasteiger partial charge in [-0.15, -0.1) is 0 Å². The van der Waals surface area contributed by atoms with Crippen LogP contribution in [0.4, 0.5) is 8.78 Å². The lowest BCUT2D eigenvalue weighted by atomic mass is 10.1. The molecule has 0 bridgehead atoms. The van der Waals surface area contributed by atoms with Crippen LogP contribution in [0.15, 0.2) is 59.1 Å². The van der Waals surface area contributed by atoms with E-state index in [4.69, 9.17) is 9.79 Å². The number of nitrogens with zero attached hydrogens (tertiary/aromatic N) is 1. The van der Waals surface area contributed by atoms with E-state index in [1.54, 1.807) is 11.8 Å². The Morgan fingerprint density at radius 3 is 2.52 bits per heavy atom. The number of benzene rings is 2. The van der Waals surface area contributed by atoms with E-state index in [1.807, 2.05) is 36.4 Å². The Morgan fingerprint density at radius 2 is 1.81 bits per heavy atom. The highest BCUT2D eigenvalue weighted by Gasteiger charge is 2.51. The van der Waals surface area contributed by atoms with Crippen molar-refractivity contribution in [2.45, 2.75) is 17.2 Å². The van der Waals surface area contributed by atoms with E-state index in [1.165, 1.54) is 12.1 Å². The number of hydrogen-bond acceptors (Lipinski definition) is 3. The van der Waals surface area contributed by atoms with Crippen molar-refractivity contribution in [1.82, 2.24) is 4.98 Å². The van der Waals surface area contributed by atoms with E-state index >= 15 is 0 Å². The Morgan fingerprint density at radius 1 is 1.07 bits per heavy atom. The molecule has 1 aromatic heterocycles. The summed E-state index contributed by atoms with van der Waals surface area (Å²) in [7, 11) is -5.59. The second-order valence-electron chi connectivity index (χ2n) is 5.89. The summed E-state index contributed by atoms with van der Waals surface area (Å²) in [5, 5.41) is 1.07. The van der Waals surface area contributed by atoms with Gasteiger partial charge in [0.15, 0.2) is 0 Å². The van der Waals surface area contributed by atoms with Crippen LogP contribution in [0.1, 0.15) is 16.8 Å². The first-order valence-corrected chi connectivity index (χ1v) is 11.4. The van der Waals surface area contributed by atoms with Crippen molar-refractivity contribution in [3.8, 4) is 0 Å². The van der Waals surface area contributed by atoms with E-state index in [2.05, 4.69) is 20.9 Å². The molecule has 0 unspecified atom stereocenters. The van der Waals surface area contributed by atoms with Gasteiger partial charge in [0.25, 0.3) is 0 Å². The fourth-order valence-corrected chi connectivity index (χ4v) is 4.74. The minimum atomic E-state index is -5.59. The third-order valence-electron chi connectivity index (χ3n) is 3.90. The SMILES string of the molecule is O=P(O)(O)C(F)(F)c1ccc(CSCc2ccc3ccccc3n2)cc1Br. The second-order valence-corrected chi connectivity index (χ2v) is 9.38. The summed E-state index contributed by atoms with van der Waals surface area (Å²) in [5.41, 5.74) is -2.35. The molecule has 0 radical (unpaired) electrons. The topological polar surface area (TPSA) is 70.4 Å². The number of para-hydroxylation sites is 1. The minimum Gasteiger partial charge on any atom is -0.320 e. The summed E-state index contributed by atoms with van der Waals surface area (Å²) in [5.74, 6) is 1.21. The van der Waals surface area contributed by atoms with Crippen LogP contribution in [-0.2, 0) is 21.7 Å². The van der Waals surface area contributed by atoms with Crippen molar-refractivity contribution < 1.29 is 23.1 Å². The molecule has 0 fully saturated rings. The zero-order valence-corrected chi connectivity index (χ0v) is 17.1. The first-order chi connectivity index (χ1) is 12.7. The maximum absolute atomic E-state index is 13.8. The lowest BCUT2D eigenvalue weighted by Gasteiger charge is -2.19. The number of fused-ring (bicyclic) bond motifs is 1. The lowest BCUT2D eigenvalue weighted by Crippen LogP contribution is -2.14. The molecular formula is C18H15BrF2NO3PS. The van der Waals surface area contributed by atoms with Crippen LogP contribution in [0.25, 0.3) is 10.9 Å². The van der Waals surface area contributed by atoms with Gasteiger partial charge in [-0.2, -0.15) is 20.5 Å². The number of alkyl halides is 2. The molecule has 0 spiro atoms. The molecule has 0 saturated carbocycles. The molecule has 1 heterocycles. The zero-order valence-electron chi connectivity index (χ0n) is 13.8. The molecule has 2 aromatic carbocycles. The van der Waals surface area contributed by atoms with Gasteiger partial charge in [0, 0.05) is 26.9 Å². The summed E-state index contributed by atoms with van der Waals surface area (Å²) in [6.07, 6.45) is 0. The molecule has 3 aromatic rings. The lowest BCUT2D eigenvalue weighted by molar-refractivity contribution is 0.0557. The predicted octanol–water partition coefficient (Wildman–Crippen LogP) is 5.66. The highest BCUT2D eigenvalue weighted by atomic mass is 79.9. The summed E-state index contributed by atoms with van der Waals surface area (Å²) in [6, 6.07) is 15.7. The Balaban J connectivity index is 1.68. The van der Waals surface area contributed by atoms with E-state index in [0.29, 0.717) is 11.5 Å². The highest BCUT2D eigenvalue weighted by Crippen LogP contribution is 2.60. The summed E-state index contributed by atoms with van der Waals surface area (Å²) in [6.45, 7) is 0. The molecule has 2 N–H and O–H groups in total. The maximum Gasteiger partial charge on any atom is 0.399 e. The summed E-state index contributed by atoms with van der Waals surface area (Å²) >= 11 is 4.57. The van der Waals surface area contributed by atoms with Gasteiger partial charge in [-0.1, -0.05) is 52.3 Å². The molecule has 0 saturated heterocycles. The van der Waals surface area contributed by atoms with Gasteiger partial charge >= 0.3 is 13.3 Å². The van der Waals surface area contributed by atoms with Gasteiger partial charge in [-0.25, -0.2) is 0 Å². The quantitative estimate of drug-likeness (QED) is 0.452. The molecule has 0 atom stereocenters. The van der Waals surface area contributed by atoms with Gasteiger partial charge in [0.1, 0.15) is 0 Å². The number of aromatic nitrogens is 1. The first kappa shape index (κ1) is 20.4. The van der Waals surface area contributed by atoms with E-state index < -0.39 is 18.8 Å². The van der Waals surface area contributed by atoms with E-state index in [-0.39, 0.29) is 4.47 Å². The van der Waals surface area contributed by atoms with Gasteiger partial charge in [0.2, 0.25) is 0 Å². The normalized spacial score (nSPS) is 12.5. The third-order valence-corrected chi connectivity index (χ3v) is 6.56. The molecule has 0 aliphatic rings. The van der Waals surface area contributed by atoms with Crippen LogP contribution in [0, 0.1) is 0 Å². The Kier molecular flexibility index (Phi) is 6.03. The standard InChI is InChI=1S/C18H15BrF2NO3PS/c19-16-9-12(5-8-15(16)18(20,21)26(23,24)25)10-27-11-14-7-6-13-3-1-2-4-17(13)22-14/h1-9H,10-11H2,(H2,23,24,25). The molecule has 27 heavy (non-hydrogen) atoms. The molecule has 0 amide bonds. The molecule has 4 nitrogen and oxygen atoms in total. The fraction of sp³-hybridized carbons (Fsp3) is 0.167. The van der Waals surface area contributed by atoms with Crippen molar-refractivity contribution in [2.24, 2.45) is 0 Å². The van der Waals surface area contributed by atoms with Crippen LogP contribution >= 0.6 is 35.3 Å². The van der Waals surface area contributed by atoms with E-state index in [9.17, 15) is 13.3 Å². The van der Waals surface area contributed by atoms with Crippen LogP contribution < -0.4 is 0 Å². The Hall–Kier alpha value is -1.31. The fourth-order valence-electron chi connectivity index (χ4n) is 2.51. The highest BCUT2D eigenvalue weighted by molar-refractivity contribution is 9.10. The van der Waals surface area contributed by atoms with Crippen molar-refractivity contribution in [3.63, 3.8) is 0 Å². The Bertz CT molecular complexity index is 1030. The smallest absolute Gasteiger partial charge is 0.320 e. The first-order valence-electron chi connectivity index (χ1n) is 7.83. The predicted molar refractivity (Wildman–Crippen MR) is 107 cm³/mol. The molecular weight excluding hydrogens is 459 g/mol. The van der Waals surface area contributed by atoms with Crippen LogP contribution in [0.3, 0.4) is 0 Å². The molecule has 0 aliphatic heterocycles. The molecule has 3 rings (SSSR count). The average Bonchev–Trinajstić information content (AvgIpc) is 2.60. The summed E-state index contributed by atoms with van der Waals surface area (Å²) in [4.78, 5) is 22.3. The number of halogens is 3. The maximum atomic E-state index is 13.8. The summed E-state index contributed by atoms with van der Waals surface area (Å²) < 4.78 is 38.7. The van der Waals surface area contributed by atoms with Crippen LogP contribution in [0.2, 0.25) is 0 Å². The van der Waals surface area contributed by atoms with Gasteiger partial charge < -0.3 is 9.79 Å². The number of pyridine rings is 1. The molecule has 0 aliphatic carbocycles. The van der Waals surface area contributed by atoms with E-state index in [0.717, 1.165) is 28.2 Å². The van der Waals surface area contributed by atoms with Gasteiger partial charge in [-0.05, 0) is 23.8 Å². The largest absolute Gasteiger partial charge is 0.399 e. The second kappa shape index (κ2) is 7.97. The van der Waals surface area contributed by atoms with Crippen molar-refractivity contribution >= 4 is 46.2 Å². The average molecular weight is 474 g/mol. The molecule has 142 valence electrons. The van der Waals surface area contributed by atoms with Crippen LogP contribution in [0.5, 0.6) is 0 Å². The number of thioether (sulfide) groups is 1. The zero-order chi connectivity index (χ0) is 19.7.